The largest absolute Gasteiger partial charge is 0.461 e. The van der Waals surface area contributed by atoms with Gasteiger partial charge < -0.3 is 18.9 Å². The maximum atomic E-state index is 13.2. The first kappa shape index (κ1) is 30.3. The maximum absolute atomic E-state index is 13.2. The molecule has 3 aliphatic rings. The van der Waals surface area contributed by atoms with Crippen molar-refractivity contribution in [1.29, 1.82) is 0 Å². The van der Waals surface area contributed by atoms with Crippen molar-refractivity contribution in [2.45, 2.75) is 58.0 Å². The van der Waals surface area contributed by atoms with Gasteiger partial charge in [0.25, 0.3) is 0 Å². The number of carbonyl (C=O) groups is 2. The summed E-state index contributed by atoms with van der Waals surface area (Å²) in [5.74, 6) is 1.36. The van der Waals surface area contributed by atoms with Crippen LogP contribution >= 0.6 is 0 Å². The van der Waals surface area contributed by atoms with E-state index in [4.69, 9.17) is 18.9 Å². The van der Waals surface area contributed by atoms with E-state index in [2.05, 4.69) is 27.6 Å². The first-order valence-electron chi connectivity index (χ1n) is 13.3. The highest BCUT2D eigenvalue weighted by Crippen LogP contribution is 2.31. The zero-order chi connectivity index (χ0) is 28.1. The zero-order valence-electron chi connectivity index (χ0n) is 22.7. The summed E-state index contributed by atoms with van der Waals surface area (Å²) in [6.45, 7) is 7.46. The average Bonchev–Trinajstić information content (AvgIpc) is 3.67. The number of hydrogen-bond acceptors (Lipinski definition) is 9. The molecule has 1 unspecified atom stereocenters. The highest BCUT2D eigenvalue weighted by atomic mass is 19.1. The van der Waals surface area contributed by atoms with Gasteiger partial charge in [0.15, 0.2) is 11.5 Å². The number of aryl methyl sites for hydroxylation is 1. The van der Waals surface area contributed by atoms with Crippen LogP contribution in [0.25, 0.3) is 0 Å². The number of terminal acetylenes is 1. The van der Waals surface area contributed by atoms with Crippen LogP contribution in [-0.2, 0) is 25.5 Å². The molecule has 3 fully saturated rings. The van der Waals surface area contributed by atoms with E-state index in [1.807, 2.05) is 12.2 Å². The molecular formula is C27H38FN5O6. The van der Waals surface area contributed by atoms with E-state index in [1.165, 1.54) is 21.9 Å². The van der Waals surface area contributed by atoms with Crippen LogP contribution < -0.4 is 0 Å². The van der Waals surface area contributed by atoms with Crippen molar-refractivity contribution < 1.29 is 32.9 Å². The molecule has 4 heterocycles. The highest BCUT2D eigenvalue weighted by molar-refractivity contribution is 5.87. The number of allylic oxidation sites excluding steroid dienone is 2. The molecule has 11 nitrogen and oxygen atoms in total. The van der Waals surface area contributed by atoms with Gasteiger partial charge in [-0.2, -0.15) is 0 Å². The SMILES string of the molecule is C#CC.CCOC(=O)c1cnnn1CCC1CN(/C(=C/CF)C/C=C\CN2CCC3(CC2)OCCO3)C(=O)O1. The summed E-state index contributed by atoms with van der Waals surface area (Å²) in [6, 6.07) is 0. The average molecular weight is 548 g/mol. The second kappa shape index (κ2) is 15.4. The molecule has 4 rings (SSSR count). The van der Waals surface area contributed by atoms with Gasteiger partial charge in [0.05, 0.1) is 32.6 Å². The first-order valence-corrected chi connectivity index (χ1v) is 13.3. The van der Waals surface area contributed by atoms with Gasteiger partial charge in [0, 0.05) is 57.6 Å². The molecule has 0 saturated carbocycles. The Morgan fingerprint density at radius 3 is 2.69 bits per heavy atom. The summed E-state index contributed by atoms with van der Waals surface area (Å²) in [6.07, 6.45) is 13.0. The van der Waals surface area contributed by atoms with Crippen molar-refractivity contribution in [3.63, 3.8) is 0 Å². The quantitative estimate of drug-likeness (QED) is 0.235. The van der Waals surface area contributed by atoms with E-state index < -0.39 is 30.6 Å². The molecule has 1 atom stereocenters. The van der Waals surface area contributed by atoms with Crippen LogP contribution in [0.5, 0.6) is 0 Å². The van der Waals surface area contributed by atoms with Crippen molar-refractivity contribution in [2.75, 3.05) is 52.7 Å². The molecule has 1 spiro atoms. The molecule has 0 N–H and O–H groups in total. The smallest absolute Gasteiger partial charge is 0.414 e. The number of halogens is 1. The lowest BCUT2D eigenvalue weighted by Crippen LogP contribution is -2.45. The normalized spacial score (nSPS) is 21.1. The predicted molar refractivity (Wildman–Crippen MR) is 140 cm³/mol. The number of ether oxygens (including phenoxy) is 4. The summed E-state index contributed by atoms with van der Waals surface area (Å²) in [7, 11) is 0. The van der Waals surface area contributed by atoms with E-state index in [-0.39, 0.29) is 12.3 Å². The van der Waals surface area contributed by atoms with E-state index in [1.54, 1.807) is 13.8 Å². The number of cyclic esters (lactones) is 1. The van der Waals surface area contributed by atoms with Crippen molar-refractivity contribution in [3.05, 3.63) is 35.8 Å². The fourth-order valence-electron chi connectivity index (χ4n) is 4.64. The lowest BCUT2D eigenvalue weighted by molar-refractivity contribution is -0.184. The molecule has 1 aromatic heterocycles. The van der Waals surface area contributed by atoms with Crippen LogP contribution in [0.1, 0.15) is 50.0 Å². The van der Waals surface area contributed by atoms with Crippen LogP contribution in [-0.4, -0.2) is 101 Å². The van der Waals surface area contributed by atoms with Crippen molar-refractivity contribution in [2.24, 2.45) is 0 Å². The Morgan fingerprint density at radius 1 is 1.31 bits per heavy atom. The first-order chi connectivity index (χ1) is 18.9. The number of hydrogen-bond donors (Lipinski definition) is 0. The molecule has 3 saturated heterocycles. The molecule has 214 valence electrons. The van der Waals surface area contributed by atoms with Gasteiger partial charge >= 0.3 is 12.1 Å². The zero-order valence-corrected chi connectivity index (χ0v) is 22.7. The van der Waals surface area contributed by atoms with Crippen molar-refractivity contribution in [1.82, 2.24) is 24.8 Å². The fraction of sp³-hybridized carbons (Fsp3) is 0.630. The van der Waals surface area contributed by atoms with Gasteiger partial charge in [-0.25, -0.2) is 18.7 Å². The Bertz CT molecular complexity index is 1040. The number of amides is 1. The summed E-state index contributed by atoms with van der Waals surface area (Å²) >= 11 is 0. The summed E-state index contributed by atoms with van der Waals surface area (Å²) in [5, 5.41) is 7.68. The standard InChI is InChI=1S/C24H34FN5O6.C3H4/c1-2-33-22(31)21-17-26-27-30(21)12-7-20-18-29(23(32)36-20)19(6-10-25)5-3-4-11-28-13-8-24(9-14-28)34-15-16-35-24;1-3-2/h3-4,6,17,20H,2,5,7-16,18H2,1H3;1H,2H3/b4-3-,19-6+;. The van der Waals surface area contributed by atoms with E-state index in [9.17, 15) is 14.0 Å². The third-order valence-corrected chi connectivity index (χ3v) is 6.59. The molecule has 0 radical (unpaired) electrons. The van der Waals surface area contributed by atoms with E-state index in [0.717, 1.165) is 32.5 Å². The number of aromatic nitrogens is 3. The van der Waals surface area contributed by atoms with E-state index in [0.29, 0.717) is 44.8 Å². The highest BCUT2D eigenvalue weighted by Gasteiger charge is 2.39. The second-order valence-electron chi connectivity index (χ2n) is 9.19. The molecule has 3 aliphatic heterocycles. The van der Waals surface area contributed by atoms with Crippen molar-refractivity contribution >= 4 is 12.1 Å². The summed E-state index contributed by atoms with van der Waals surface area (Å²) < 4.78 is 36.7. The molecule has 0 aliphatic carbocycles. The number of esters is 1. The van der Waals surface area contributed by atoms with Gasteiger partial charge in [-0.05, 0) is 19.9 Å². The number of piperidine rings is 1. The number of alkyl halides is 1. The molecule has 0 bridgehead atoms. The van der Waals surface area contributed by atoms with Crippen molar-refractivity contribution in [3.8, 4) is 12.3 Å². The Hall–Kier alpha value is -3.27. The van der Waals surface area contributed by atoms with Crippen LogP contribution in [0.3, 0.4) is 0 Å². The van der Waals surface area contributed by atoms with Crippen LogP contribution in [0.2, 0.25) is 0 Å². The van der Waals surface area contributed by atoms with Crippen LogP contribution in [0, 0.1) is 12.3 Å². The van der Waals surface area contributed by atoms with Gasteiger partial charge in [-0.1, -0.05) is 17.4 Å². The van der Waals surface area contributed by atoms with Gasteiger partial charge in [-0.15, -0.1) is 17.4 Å². The Balaban J connectivity index is 0.00000134. The minimum Gasteiger partial charge on any atom is -0.461 e. The Morgan fingerprint density at radius 2 is 2.03 bits per heavy atom. The van der Waals surface area contributed by atoms with Crippen LogP contribution in [0.15, 0.2) is 30.1 Å². The molecule has 12 heteroatoms. The minimum atomic E-state index is -0.673. The number of carbonyl (C=O) groups excluding carboxylic acids is 2. The molecular weight excluding hydrogens is 509 g/mol. The van der Waals surface area contributed by atoms with Gasteiger partial charge in [0.1, 0.15) is 12.8 Å². The number of rotatable bonds is 11. The fourth-order valence-corrected chi connectivity index (χ4v) is 4.64. The molecule has 0 aromatic carbocycles. The topological polar surface area (TPSA) is 108 Å². The number of likely N-dealkylation sites (tertiary alicyclic amines) is 1. The van der Waals surface area contributed by atoms with Crippen LogP contribution in [0.4, 0.5) is 9.18 Å². The third-order valence-electron chi connectivity index (χ3n) is 6.59. The lowest BCUT2D eigenvalue weighted by atomic mass is 10.0. The monoisotopic (exact) mass is 547 g/mol. The van der Waals surface area contributed by atoms with E-state index >= 15 is 0 Å². The number of nitrogens with zero attached hydrogens (tertiary/aromatic N) is 5. The lowest BCUT2D eigenvalue weighted by Gasteiger charge is -2.37. The maximum Gasteiger partial charge on any atom is 0.414 e. The Kier molecular flexibility index (Phi) is 11.9. The minimum absolute atomic E-state index is 0.244. The molecule has 39 heavy (non-hydrogen) atoms. The Labute approximate surface area is 228 Å². The second-order valence-corrected chi connectivity index (χ2v) is 9.19. The summed E-state index contributed by atoms with van der Waals surface area (Å²) in [5.41, 5.74) is 0.813. The molecule has 1 amide bonds. The predicted octanol–water partition coefficient (Wildman–Crippen LogP) is 2.94. The van der Waals surface area contributed by atoms with Gasteiger partial charge in [0.2, 0.25) is 0 Å². The molecule has 1 aromatic rings. The third kappa shape index (κ3) is 8.61. The summed E-state index contributed by atoms with van der Waals surface area (Å²) in [4.78, 5) is 28.3. The van der Waals surface area contributed by atoms with Gasteiger partial charge in [-0.3, -0.25) is 9.80 Å².